The number of carbonyl (C=O) groups excluding carboxylic acids is 1. The van der Waals surface area contributed by atoms with E-state index in [2.05, 4.69) is 18.7 Å². The molecule has 0 bridgehead atoms. The predicted octanol–water partition coefficient (Wildman–Crippen LogP) is 3.44. The van der Waals surface area contributed by atoms with Gasteiger partial charge in [-0.15, -0.1) is 0 Å². The highest BCUT2D eigenvalue weighted by molar-refractivity contribution is 5.99. The number of benzene rings is 1. The van der Waals surface area contributed by atoms with Crippen molar-refractivity contribution >= 4 is 5.78 Å². The lowest BCUT2D eigenvalue weighted by Crippen LogP contribution is -2.47. The van der Waals surface area contributed by atoms with Crippen LogP contribution >= 0.6 is 0 Å². The molecule has 18 heavy (non-hydrogen) atoms. The molecule has 1 unspecified atom stereocenters. The van der Waals surface area contributed by atoms with Crippen LogP contribution in [0.1, 0.15) is 49.5 Å². The van der Waals surface area contributed by atoms with Crippen LogP contribution in [0.4, 0.5) is 0 Å². The first-order chi connectivity index (χ1) is 8.42. The van der Waals surface area contributed by atoms with Crippen molar-refractivity contribution in [3.63, 3.8) is 0 Å². The molecule has 0 aromatic heterocycles. The Bertz CT molecular complexity index is 433. The lowest BCUT2D eigenvalue weighted by atomic mass is 9.97. The van der Waals surface area contributed by atoms with Crippen molar-refractivity contribution in [2.24, 2.45) is 0 Å². The fourth-order valence-electron chi connectivity index (χ4n) is 2.95. The molecule has 1 saturated heterocycles. The second kappa shape index (κ2) is 4.85. The van der Waals surface area contributed by atoms with Crippen molar-refractivity contribution in [1.29, 1.82) is 0 Å². The third kappa shape index (κ3) is 2.49. The number of likely N-dealkylation sites (tertiary alicyclic amines) is 1. The van der Waals surface area contributed by atoms with Crippen molar-refractivity contribution in [2.75, 3.05) is 6.54 Å². The first-order valence-electron chi connectivity index (χ1n) is 6.79. The van der Waals surface area contributed by atoms with E-state index in [9.17, 15) is 4.79 Å². The fourth-order valence-corrected chi connectivity index (χ4v) is 2.95. The van der Waals surface area contributed by atoms with E-state index >= 15 is 0 Å². The van der Waals surface area contributed by atoms with Crippen LogP contribution in [-0.2, 0) is 0 Å². The van der Waals surface area contributed by atoms with Gasteiger partial charge in [-0.25, -0.2) is 0 Å². The summed E-state index contributed by atoms with van der Waals surface area (Å²) >= 11 is 0. The van der Waals surface area contributed by atoms with E-state index in [4.69, 9.17) is 0 Å². The molecule has 1 heterocycles. The smallest absolute Gasteiger partial charge is 0.179 e. The summed E-state index contributed by atoms with van der Waals surface area (Å²) in [5.41, 5.74) is 2.18. The standard InChI is InChI=1S/C16H23NO/c1-12-6-8-14(9-7-12)15(18)13(2)17-11-5-10-16(17,3)4/h6-9,13H,5,10-11H2,1-4H3. The molecule has 1 atom stereocenters. The Morgan fingerprint density at radius 3 is 2.39 bits per heavy atom. The molecule has 0 saturated carbocycles. The molecule has 1 aromatic carbocycles. The number of nitrogens with zero attached hydrogens (tertiary/aromatic N) is 1. The molecule has 0 aliphatic carbocycles. The van der Waals surface area contributed by atoms with Crippen LogP contribution in [-0.4, -0.2) is 28.8 Å². The van der Waals surface area contributed by atoms with Crippen LogP contribution < -0.4 is 0 Å². The summed E-state index contributed by atoms with van der Waals surface area (Å²) in [6, 6.07) is 7.88. The summed E-state index contributed by atoms with van der Waals surface area (Å²) in [6.45, 7) is 9.58. The molecule has 0 N–H and O–H groups in total. The quantitative estimate of drug-likeness (QED) is 0.760. The number of hydrogen-bond acceptors (Lipinski definition) is 2. The normalized spacial score (nSPS) is 20.9. The first kappa shape index (κ1) is 13.3. The third-order valence-corrected chi connectivity index (χ3v) is 4.15. The topological polar surface area (TPSA) is 20.3 Å². The summed E-state index contributed by atoms with van der Waals surface area (Å²) in [5.74, 6) is 0.241. The maximum Gasteiger partial charge on any atom is 0.179 e. The van der Waals surface area contributed by atoms with Crippen LogP contribution in [0.5, 0.6) is 0 Å². The summed E-state index contributed by atoms with van der Waals surface area (Å²) in [4.78, 5) is 14.8. The Kier molecular flexibility index (Phi) is 3.58. The summed E-state index contributed by atoms with van der Waals surface area (Å²) in [7, 11) is 0. The largest absolute Gasteiger partial charge is 0.292 e. The Balaban J connectivity index is 2.16. The Labute approximate surface area is 110 Å². The van der Waals surface area contributed by atoms with Gasteiger partial charge >= 0.3 is 0 Å². The molecule has 1 aliphatic rings. The third-order valence-electron chi connectivity index (χ3n) is 4.15. The van der Waals surface area contributed by atoms with Gasteiger partial charge in [0.25, 0.3) is 0 Å². The molecule has 1 fully saturated rings. The zero-order valence-corrected chi connectivity index (χ0v) is 11.9. The van der Waals surface area contributed by atoms with E-state index in [-0.39, 0.29) is 17.4 Å². The van der Waals surface area contributed by atoms with Crippen LogP contribution in [0.3, 0.4) is 0 Å². The van der Waals surface area contributed by atoms with Gasteiger partial charge in [0.1, 0.15) is 0 Å². The van der Waals surface area contributed by atoms with Crippen molar-refractivity contribution < 1.29 is 4.79 Å². The minimum Gasteiger partial charge on any atom is -0.292 e. The van der Waals surface area contributed by atoms with Crippen molar-refractivity contribution in [3.8, 4) is 0 Å². The van der Waals surface area contributed by atoms with Gasteiger partial charge in [0.05, 0.1) is 6.04 Å². The predicted molar refractivity (Wildman–Crippen MR) is 75.0 cm³/mol. The van der Waals surface area contributed by atoms with Crippen LogP contribution in [0.25, 0.3) is 0 Å². The molecule has 0 radical (unpaired) electrons. The molecule has 0 amide bonds. The van der Waals surface area contributed by atoms with E-state index in [1.54, 1.807) is 0 Å². The maximum atomic E-state index is 12.5. The van der Waals surface area contributed by atoms with E-state index < -0.39 is 0 Å². The molecule has 98 valence electrons. The molecule has 0 spiro atoms. The molecule has 2 rings (SSSR count). The number of hydrogen-bond donors (Lipinski definition) is 0. The first-order valence-corrected chi connectivity index (χ1v) is 6.79. The molecular formula is C16H23NO. The summed E-state index contributed by atoms with van der Waals surface area (Å²) in [6.07, 6.45) is 2.37. The monoisotopic (exact) mass is 245 g/mol. The Morgan fingerprint density at radius 1 is 1.28 bits per heavy atom. The van der Waals surface area contributed by atoms with Gasteiger partial charge in [-0.2, -0.15) is 0 Å². The number of Topliss-reactive ketones (excluding diaryl/α,β-unsaturated/α-hetero) is 1. The van der Waals surface area contributed by atoms with E-state index in [1.807, 2.05) is 38.1 Å². The van der Waals surface area contributed by atoms with Crippen molar-refractivity contribution in [3.05, 3.63) is 35.4 Å². The lowest BCUT2D eigenvalue weighted by Gasteiger charge is -2.35. The van der Waals surface area contributed by atoms with Gasteiger partial charge in [-0.1, -0.05) is 29.8 Å². The highest BCUT2D eigenvalue weighted by Gasteiger charge is 2.37. The van der Waals surface area contributed by atoms with Crippen LogP contribution in [0.2, 0.25) is 0 Å². The second-order valence-corrected chi connectivity index (χ2v) is 6.02. The Hall–Kier alpha value is -1.15. The average Bonchev–Trinajstić information content (AvgIpc) is 2.68. The number of rotatable bonds is 3. The highest BCUT2D eigenvalue weighted by Crippen LogP contribution is 2.31. The lowest BCUT2D eigenvalue weighted by molar-refractivity contribution is 0.0722. The number of aryl methyl sites for hydroxylation is 1. The molecular weight excluding hydrogens is 222 g/mol. The Morgan fingerprint density at radius 2 is 1.89 bits per heavy atom. The minimum atomic E-state index is -0.0230. The SMILES string of the molecule is Cc1ccc(C(=O)C(C)N2CCCC2(C)C)cc1. The highest BCUT2D eigenvalue weighted by atomic mass is 16.1. The van der Waals surface area contributed by atoms with E-state index in [0.29, 0.717) is 0 Å². The van der Waals surface area contributed by atoms with Crippen molar-refractivity contribution in [2.45, 2.75) is 52.1 Å². The second-order valence-electron chi connectivity index (χ2n) is 6.02. The van der Waals surface area contributed by atoms with Gasteiger partial charge in [0.2, 0.25) is 0 Å². The fraction of sp³-hybridized carbons (Fsp3) is 0.562. The minimum absolute atomic E-state index is 0.0230. The van der Waals surface area contributed by atoms with Gasteiger partial charge in [-0.3, -0.25) is 9.69 Å². The maximum absolute atomic E-state index is 12.5. The summed E-state index contributed by atoms with van der Waals surface area (Å²) in [5, 5.41) is 0. The molecule has 2 heteroatoms. The van der Waals surface area contributed by atoms with Gasteiger partial charge < -0.3 is 0 Å². The van der Waals surface area contributed by atoms with E-state index in [1.165, 1.54) is 18.4 Å². The van der Waals surface area contributed by atoms with Crippen molar-refractivity contribution in [1.82, 2.24) is 4.90 Å². The zero-order chi connectivity index (χ0) is 13.3. The van der Waals surface area contributed by atoms with Crippen LogP contribution in [0, 0.1) is 6.92 Å². The molecule has 1 aliphatic heterocycles. The van der Waals surface area contributed by atoms with E-state index in [0.717, 1.165) is 12.1 Å². The van der Waals surface area contributed by atoms with Crippen LogP contribution in [0.15, 0.2) is 24.3 Å². The van der Waals surface area contributed by atoms with Gasteiger partial charge in [-0.05, 0) is 47.1 Å². The van der Waals surface area contributed by atoms with Gasteiger partial charge in [0.15, 0.2) is 5.78 Å². The zero-order valence-electron chi connectivity index (χ0n) is 11.9. The number of carbonyl (C=O) groups is 1. The summed E-state index contributed by atoms with van der Waals surface area (Å²) < 4.78 is 0. The number of ketones is 1. The van der Waals surface area contributed by atoms with Gasteiger partial charge in [0, 0.05) is 11.1 Å². The average molecular weight is 245 g/mol. The molecule has 2 nitrogen and oxygen atoms in total. The molecule has 1 aromatic rings.